The molecule has 0 bridgehead atoms. The lowest BCUT2D eigenvalue weighted by Gasteiger charge is -2.10. The molecule has 4 aromatic rings. The summed E-state index contributed by atoms with van der Waals surface area (Å²) >= 11 is 3.51. The molecule has 0 amide bonds. The summed E-state index contributed by atoms with van der Waals surface area (Å²) in [6.07, 6.45) is 5.25. The van der Waals surface area contributed by atoms with Crippen LogP contribution in [0.2, 0.25) is 0 Å². The molecular formula is C20H15BrN4O2. The Kier molecular flexibility index (Phi) is 4.60. The van der Waals surface area contributed by atoms with Crippen LogP contribution in [0.5, 0.6) is 0 Å². The molecule has 0 aliphatic rings. The molecule has 6 nitrogen and oxygen atoms in total. The van der Waals surface area contributed by atoms with Crippen molar-refractivity contribution in [3.63, 3.8) is 0 Å². The maximum absolute atomic E-state index is 11.8. The van der Waals surface area contributed by atoms with E-state index in [0.717, 1.165) is 32.9 Å². The molecule has 7 heteroatoms. The second-order valence-electron chi connectivity index (χ2n) is 5.82. The van der Waals surface area contributed by atoms with Crippen LogP contribution in [0.15, 0.2) is 71.6 Å². The first-order valence-corrected chi connectivity index (χ1v) is 8.98. The van der Waals surface area contributed by atoms with Crippen molar-refractivity contribution in [1.29, 1.82) is 0 Å². The van der Waals surface area contributed by atoms with Gasteiger partial charge >= 0.3 is 5.97 Å². The molecule has 2 aromatic heterocycles. The fourth-order valence-electron chi connectivity index (χ4n) is 2.84. The number of benzene rings is 2. The number of halogens is 1. The van der Waals surface area contributed by atoms with Gasteiger partial charge in [-0.3, -0.25) is 9.38 Å². The number of carbonyl (C=O) groups is 1. The number of rotatable bonds is 4. The van der Waals surface area contributed by atoms with E-state index in [1.54, 1.807) is 30.6 Å². The highest BCUT2D eigenvalue weighted by molar-refractivity contribution is 9.10. The van der Waals surface area contributed by atoms with Gasteiger partial charge in [-0.25, -0.2) is 9.78 Å². The Morgan fingerprint density at radius 1 is 1.19 bits per heavy atom. The molecule has 0 fully saturated rings. The van der Waals surface area contributed by atoms with Gasteiger partial charge in [0.1, 0.15) is 11.5 Å². The van der Waals surface area contributed by atoms with Gasteiger partial charge in [0.25, 0.3) is 0 Å². The molecule has 1 N–H and O–H groups in total. The number of ether oxygens (including phenoxy) is 1. The summed E-state index contributed by atoms with van der Waals surface area (Å²) in [6.45, 7) is 0. The molecule has 0 saturated heterocycles. The van der Waals surface area contributed by atoms with Gasteiger partial charge in [0, 0.05) is 28.1 Å². The Morgan fingerprint density at radius 3 is 2.85 bits per heavy atom. The Labute approximate surface area is 164 Å². The lowest BCUT2D eigenvalue weighted by molar-refractivity contribution is 0.0601. The summed E-state index contributed by atoms with van der Waals surface area (Å²) in [4.78, 5) is 20.7. The number of methoxy groups -OCH3 is 1. The van der Waals surface area contributed by atoms with Gasteiger partial charge in [0.05, 0.1) is 18.9 Å². The topological polar surface area (TPSA) is 68.5 Å². The molecule has 0 atom stereocenters. The molecule has 2 aromatic carbocycles. The van der Waals surface area contributed by atoms with Crippen LogP contribution in [-0.4, -0.2) is 27.4 Å². The predicted molar refractivity (Wildman–Crippen MR) is 107 cm³/mol. The number of anilines is 2. The van der Waals surface area contributed by atoms with Crippen molar-refractivity contribution in [2.75, 3.05) is 12.4 Å². The van der Waals surface area contributed by atoms with Crippen molar-refractivity contribution >= 4 is 39.1 Å². The second kappa shape index (κ2) is 7.20. The van der Waals surface area contributed by atoms with E-state index >= 15 is 0 Å². The van der Waals surface area contributed by atoms with Crippen LogP contribution in [0.4, 0.5) is 11.5 Å². The van der Waals surface area contributed by atoms with Crippen molar-refractivity contribution in [2.24, 2.45) is 0 Å². The maximum atomic E-state index is 11.8. The third-order valence-electron chi connectivity index (χ3n) is 4.07. The molecule has 2 heterocycles. The highest BCUT2D eigenvalue weighted by atomic mass is 79.9. The van der Waals surface area contributed by atoms with E-state index in [-0.39, 0.29) is 5.97 Å². The summed E-state index contributed by atoms with van der Waals surface area (Å²) < 4.78 is 7.70. The third kappa shape index (κ3) is 3.41. The van der Waals surface area contributed by atoms with E-state index in [1.165, 1.54) is 7.11 Å². The summed E-state index contributed by atoms with van der Waals surface area (Å²) in [7, 11) is 1.37. The predicted octanol–water partition coefficient (Wildman–Crippen LogP) is 4.69. The molecular weight excluding hydrogens is 408 g/mol. The van der Waals surface area contributed by atoms with Crippen LogP contribution in [0, 0.1) is 0 Å². The molecule has 0 spiro atoms. The van der Waals surface area contributed by atoms with E-state index in [4.69, 9.17) is 9.72 Å². The SMILES string of the molecule is COC(=O)c1cccc(Nc2c(-c3cccc(Br)c3)nc3cnccn23)c1. The van der Waals surface area contributed by atoms with Crippen LogP contribution in [0.1, 0.15) is 10.4 Å². The third-order valence-corrected chi connectivity index (χ3v) is 4.57. The van der Waals surface area contributed by atoms with E-state index in [9.17, 15) is 4.79 Å². The zero-order valence-corrected chi connectivity index (χ0v) is 16.0. The first-order valence-electron chi connectivity index (χ1n) is 8.19. The number of imidazole rings is 1. The number of aromatic nitrogens is 3. The van der Waals surface area contributed by atoms with Crippen molar-refractivity contribution in [3.05, 3.63) is 77.2 Å². The molecule has 0 aliphatic heterocycles. The first-order chi connectivity index (χ1) is 13.2. The molecule has 27 heavy (non-hydrogen) atoms. The maximum Gasteiger partial charge on any atom is 0.337 e. The highest BCUT2D eigenvalue weighted by Crippen LogP contribution is 2.32. The van der Waals surface area contributed by atoms with Crippen LogP contribution in [0.25, 0.3) is 16.9 Å². The van der Waals surface area contributed by atoms with Gasteiger partial charge in [-0.15, -0.1) is 0 Å². The fourth-order valence-corrected chi connectivity index (χ4v) is 3.24. The van der Waals surface area contributed by atoms with Crippen molar-refractivity contribution in [2.45, 2.75) is 0 Å². The fraction of sp³-hybridized carbons (Fsp3) is 0.0500. The normalized spacial score (nSPS) is 10.7. The Bertz CT molecular complexity index is 1140. The number of hydrogen-bond donors (Lipinski definition) is 1. The van der Waals surface area contributed by atoms with Gasteiger partial charge < -0.3 is 10.1 Å². The number of nitrogens with zero attached hydrogens (tertiary/aromatic N) is 3. The minimum absolute atomic E-state index is 0.381. The van der Waals surface area contributed by atoms with E-state index in [2.05, 4.69) is 26.2 Å². The number of carbonyl (C=O) groups excluding carboxylic acids is 1. The zero-order chi connectivity index (χ0) is 18.8. The van der Waals surface area contributed by atoms with E-state index in [1.807, 2.05) is 40.9 Å². The van der Waals surface area contributed by atoms with E-state index < -0.39 is 0 Å². The Balaban J connectivity index is 1.83. The van der Waals surface area contributed by atoms with Gasteiger partial charge in [0.15, 0.2) is 5.65 Å². The number of nitrogens with one attached hydrogen (secondary N) is 1. The second-order valence-corrected chi connectivity index (χ2v) is 6.74. The standard InChI is InChI=1S/C20H15BrN4O2/c1-27-20(26)14-5-3-7-16(11-14)23-19-18(13-4-2-6-15(21)10-13)24-17-12-22-8-9-25(17)19/h2-12,23H,1H3. The first kappa shape index (κ1) is 17.2. The molecule has 0 radical (unpaired) electrons. The summed E-state index contributed by atoms with van der Waals surface area (Å²) in [5.41, 5.74) is 3.70. The lowest BCUT2D eigenvalue weighted by atomic mass is 10.1. The van der Waals surface area contributed by atoms with Crippen molar-refractivity contribution in [1.82, 2.24) is 14.4 Å². The van der Waals surface area contributed by atoms with Crippen LogP contribution < -0.4 is 5.32 Å². The summed E-state index contributed by atoms with van der Waals surface area (Å²) in [5.74, 6) is 0.403. The minimum atomic E-state index is -0.381. The number of esters is 1. The quantitative estimate of drug-likeness (QED) is 0.483. The average molecular weight is 423 g/mol. The molecule has 4 rings (SSSR count). The Hall–Kier alpha value is -3.19. The minimum Gasteiger partial charge on any atom is -0.465 e. The van der Waals surface area contributed by atoms with Crippen molar-refractivity contribution in [3.8, 4) is 11.3 Å². The van der Waals surface area contributed by atoms with Gasteiger partial charge in [-0.05, 0) is 30.3 Å². The van der Waals surface area contributed by atoms with E-state index in [0.29, 0.717) is 5.56 Å². The summed E-state index contributed by atoms with van der Waals surface area (Å²) in [6, 6.07) is 15.1. The Morgan fingerprint density at radius 2 is 2.04 bits per heavy atom. The number of fused-ring (bicyclic) bond motifs is 1. The van der Waals surface area contributed by atoms with Crippen LogP contribution >= 0.6 is 15.9 Å². The molecule has 0 unspecified atom stereocenters. The smallest absolute Gasteiger partial charge is 0.337 e. The largest absolute Gasteiger partial charge is 0.465 e. The van der Waals surface area contributed by atoms with Crippen molar-refractivity contribution < 1.29 is 9.53 Å². The average Bonchev–Trinajstić information content (AvgIpc) is 3.06. The summed E-state index contributed by atoms with van der Waals surface area (Å²) in [5, 5.41) is 3.38. The van der Waals surface area contributed by atoms with Crippen LogP contribution in [0.3, 0.4) is 0 Å². The lowest BCUT2D eigenvalue weighted by Crippen LogP contribution is -2.02. The van der Waals surface area contributed by atoms with Gasteiger partial charge in [-0.1, -0.05) is 34.1 Å². The van der Waals surface area contributed by atoms with Gasteiger partial charge in [0.2, 0.25) is 0 Å². The monoisotopic (exact) mass is 422 g/mol. The molecule has 0 saturated carbocycles. The molecule has 134 valence electrons. The number of hydrogen-bond acceptors (Lipinski definition) is 5. The zero-order valence-electron chi connectivity index (χ0n) is 14.4. The van der Waals surface area contributed by atoms with Gasteiger partial charge in [-0.2, -0.15) is 0 Å². The van der Waals surface area contributed by atoms with Crippen LogP contribution in [-0.2, 0) is 4.74 Å². The highest BCUT2D eigenvalue weighted by Gasteiger charge is 2.15. The molecule has 0 aliphatic carbocycles.